The Kier molecular flexibility index (Phi) is 4.87. The Morgan fingerprint density at radius 2 is 1.80 bits per heavy atom. The standard InChI is InChI=1S/C11H15Cl2NO/c1-2-7(6-14)11(15)8-3-9(12)5-10(13)4-8/h3-5,7,11,15H,2,6,14H2,1H3. The summed E-state index contributed by atoms with van der Waals surface area (Å²) in [4.78, 5) is 0. The summed E-state index contributed by atoms with van der Waals surface area (Å²) in [6.07, 6.45) is 0.220. The summed E-state index contributed by atoms with van der Waals surface area (Å²) in [6, 6.07) is 5.08. The highest BCUT2D eigenvalue weighted by atomic mass is 35.5. The molecule has 15 heavy (non-hydrogen) atoms. The van der Waals surface area contributed by atoms with Crippen LogP contribution < -0.4 is 5.73 Å². The lowest BCUT2D eigenvalue weighted by Crippen LogP contribution is -2.21. The smallest absolute Gasteiger partial charge is 0.0831 e. The zero-order chi connectivity index (χ0) is 11.4. The van der Waals surface area contributed by atoms with E-state index in [-0.39, 0.29) is 5.92 Å². The van der Waals surface area contributed by atoms with Crippen molar-refractivity contribution in [1.82, 2.24) is 0 Å². The van der Waals surface area contributed by atoms with Crippen LogP contribution in [-0.4, -0.2) is 11.7 Å². The van der Waals surface area contributed by atoms with Crippen LogP contribution in [-0.2, 0) is 0 Å². The Morgan fingerprint density at radius 3 is 2.20 bits per heavy atom. The van der Waals surface area contributed by atoms with Gasteiger partial charge in [-0.2, -0.15) is 0 Å². The van der Waals surface area contributed by atoms with E-state index in [0.29, 0.717) is 16.6 Å². The number of hydrogen-bond acceptors (Lipinski definition) is 2. The monoisotopic (exact) mass is 247 g/mol. The minimum absolute atomic E-state index is 0.0412. The summed E-state index contributed by atoms with van der Waals surface area (Å²) in [5, 5.41) is 11.1. The molecule has 0 bridgehead atoms. The molecular weight excluding hydrogens is 233 g/mol. The van der Waals surface area contributed by atoms with Crippen LogP contribution >= 0.6 is 23.2 Å². The molecule has 0 heterocycles. The molecule has 0 amide bonds. The fourth-order valence-corrected chi connectivity index (χ4v) is 2.08. The zero-order valence-electron chi connectivity index (χ0n) is 8.58. The van der Waals surface area contributed by atoms with Crippen LogP contribution in [0.25, 0.3) is 0 Å². The van der Waals surface area contributed by atoms with Gasteiger partial charge in [0, 0.05) is 16.0 Å². The van der Waals surface area contributed by atoms with Crippen molar-refractivity contribution in [2.75, 3.05) is 6.54 Å². The molecule has 2 unspecified atom stereocenters. The Labute approximate surface area is 100.0 Å². The lowest BCUT2D eigenvalue weighted by Gasteiger charge is -2.20. The molecule has 0 fully saturated rings. The molecule has 0 aliphatic rings. The van der Waals surface area contributed by atoms with Gasteiger partial charge >= 0.3 is 0 Å². The second-order valence-corrected chi connectivity index (χ2v) is 4.42. The van der Waals surface area contributed by atoms with Gasteiger partial charge in [-0.15, -0.1) is 0 Å². The van der Waals surface area contributed by atoms with Crippen molar-refractivity contribution in [3.63, 3.8) is 0 Å². The second kappa shape index (κ2) is 5.71. The van der Waals surface area contributed by atoms with Gasteiger partial charge in [0.25, 0.3) is 0 Å². The number of aliphatic hydroxyl groups excluding tert-OH is 1. The molecule has 2 atom stereocenters. The quantitative estimate of drug-likeness (QED) is 0.860. The van der Waals surface area contributed by atoms with Crippen molar-refractivity contribution in [2.24, 2.45) is 11.7 Å². The highest BCUT2D eigenvalue weighted by Gasteiger charge is 2.18. The molecule has 0 saturated carbocycles. The van der Waals surface area contributed by atoms with Crippen LogP contribution in [0.5, 0.6) is 0 Å². The third-order valence-electron chi connectivity index (χ3n) is 2.50. The first-order chi connectivity index (χ1) is 7.08. The van der Waals surface area contributed by atoms with Crippen LogP contribution in [0.4, 0.5) is 0 Å². The molecule has 2 nitrogen and oxygen atoms in total. The van der Waals surface area contributed by atoms with E-state index in [9.17, 15) is 5.11 Å². The van der Waals surface area contributed by atoms with E-state index in [1.165, 1.54) is 0 Å². The fraction of sp³-hybridized carbons (Fsp3) is 0.455. The van der Waals surface area contributed by atoms with Crippen LogP contribution in [0.15, 0.2) is 18.2 Å². The number of aliphatic hydroxyl groups is 1. The van der Waals surface area contributed by atoms with Gasteiger partial charge in [0.2, 0.25) is 0 Å². The van der Waals surface area contributed by atoms with Gasteiger partial charge in [0.15, 0.2) is 0 Å². The van der Waals surface area contributed by atoms with Crippen LogP contribution in [0.1, 0.15) is 25.0 Å². The summed E-state index contributed by atoms with van der Waals surface area (Å²) < 4.78 is 0. The van der Waals surface area contributed by atoms with E-state index < -0.39 is 6.10 Å². The van der Waals surface area contributed by atoms with Crippen LogP contribution in [0.3, 0.4) is 0 Å². The van der Waals surface area contributed by atoms with E-state index in [0.717, 1.165) is 12.0 Å². The molecule has 0 aliphatic carbocycles. The SMILES string of the molecule is CCC(CN)C(O)c1cc(Cl)cc(Cl)c1. The number of hydrogen-bond donors (Lipinski definition) is 2. The third kappa shape index (κ3) is 3.35. The first-order valence-electron chi connectivity index (χ1n) is 4.92. The highest BCUT2D eigenvalue weighted by Crippen LogP contribution is 2.28. The van der Waals surface area contributed by atoms with Crippen molar-refractivity contribution >= 4 is 23.2 Å². The van der Waals surface area contributed by atoms with E-state index in [2.05, 4.69) is 0 Å². The largest absolute Gasteiger partial charge is 0.388 e. The van der Waals surface area contributed by atoms with Crippen LogP contribution in [0, 0.1) is 5.92 Å². The van der Waals surface area contributed by atoms with E-state index in [1.807, 2.05) is 6.92 Å². The minimum Gasteiger partial charge on any atom is -0.388 e. The van der Waals surface area contributed by atoms with E-state index >= 15 is 0 Å². The predicted molar refractivity (Wildman–Crippen MR) is 64.3 cm³/mol. The minimum atomic E-state index is -0.601. The average Bonchev–Trinajstić information content (AvgIpc) is 2.18. The molecule has 1 aromatic carbocycles. The number of halogens is 2. The topological polar surface area (TPSA) is 46.2 Å². The summed E-state index contributed by atoms with van der Waals surface area (Å²) in [5.41, 5.74) is 6.30. The Balaban J connectivity index is 2.94. The predicted octanol–water partition coefficient (Wildman–Crippen LogP) is 3.01. The summed E-state index contributed by atoms with van der Waals surface area (Å²) in [7, 11) is 0. The fourth-order valence-electron chi connectivity index (χ4n) is 1.54. The molecule has 0 aliphatic heterocycles. The Hall–Kier alpha value is -0.280. The second-order valence-electron chi connectivity index (χ2n) is 3.55. The molecule has 1 aromatic rings. The maximum absolute atomic E-state index is 10.0. The van der Waals surface area contributed by atoms with Crippen molar-refractivity contribution in [3.8, 4) is 0 Å². The molecular formula is C11H15Cl2NO. The summed E-state index contributed by atoms with van der Waals surface area (Å²) in [6.45, 7) is 2.44. The Bertz CT molecular complexity index is 306. The van der Waals surface area contributed by atoms with Gasteiger partial charge in [-0.1, -0.05) is 30.1 Å². The number of rotatable bonds is 4. The van der Waals surface area contributed by atoms with Crippen molar-refractivity contribution in [1.29, 1.82) is 0 Å². The summed E-state index contributed by atoms with van der Waals surface area (Å²) in [5.74, 6) is 0.0412. The number of nitrogens with two attached hydrogens (primary N) is 1. The number of benzene rings is 1. The molecule has 4 heteroatoms. The van der Waals surface area contributed by atoms with Crippen LogP contribution in [0.2, 0.25) is 10.0 Å². The molecule has 0 saturated heterocycles. The van der Waals surface area contributed by atoms with Crippen molar-refractivity contribution < 1.29 is 5.11 Å². The molecule has 3 N–H and O–H groups in total. The van der Waals surface area contributed by atoms with Crippen molar-refractivity contribution in [3.05, 3.63) is 33.8 Å². The van der Waals surface area contributed by atoms with Gasteiger partial charge in [-0.3, -0.25) is 0 Å². The van der Waals surface area contributed by atoms with Gasteiger partial charge < -0.3 is 10.8 Å². The first-order valence-corrected chi connectivity index (χ1v) is 5.68. The average molecular weight is 248 g/mol. The molecule has 0 spiro atoms. The highest BCUT2D eigenvalue weighted by molar-refractivity contribution is 6.34. The Morgan fingerprint density at radius 1 is 1.27 bits per heavy atom. The van der Waals surface area contributed by atoms with Gasteiger partial charge in [0.1, 0.15) is 0 Å². The van der Waals surface area contributed by atoms with Crippen molar-refractivity contribution in [2.45, 2.75) is 19.4 Å². The van der Waals surface area contributed by atoms with Gasteiger partial charge in [0.05, 0.1) is 6.10 Å². The first kappa shape index (κ1) is 12.8. The van der Waals surface area contributed by atoms with E-state index in [1.54, 1.807) is 18.2 Å². The zero-order valence-corrected chi connectivity index (χ0v) is 10.1. The lowest BCUT2D eigenvalue weighted by atomic mass is 9.94. The van der Waals surface area contributed by atoms with E-state index in [4.69, 9.17) is 28.9 Å². The molecule has 1 rings (SSSR count). The lowest BCUT2D eigenvalue weighted by molar-refractivity contribution is 0.110. The van der Waals surface area contributed by atoms with Gasteiger partial charge in [-0.25, -0.2) is 0 Å². The molecule has 0 aromatic heterocycles. The molecule has 84 valence electrons. The third-order valence-corrected chi connectivity index (χ3v) is 2.94. The normalized spacial score (nSPS) is 15.0. The summed E-state index contributed by atoms with van der Waals surface area (Å²) >= 11 is 11.7. The maximum atomic E-state index is 10.0. The molecule has 0 radical (unpaired) electrons. The van der Waals surface area contributed by atoms with Gasteiger partial charge in [-0.05, 0) is 36.7 Å². The maximum Gasteiger partial charge on any atom is 0.0831 e.